The van der Waals surface area contributed by atoms with Crippen molar-refractivity contribution in [1.82, 2.24) is 10.5 Å². The summed E-state index contributed by atoms with van der Waals surface area (Å²) in [6.07, 6.45) is -0.707. The van der Waals surface area contributed by atoms with Gasteiger partial charge in [0.05, 0.1) is 6.10 Å². The molecule has 2 aromatic heterocycles. The minimum absolute atomic E-state index is 0.138. The second-order valence-corrected chi connectivity index (χ2v) is 4.51. The first-order chi connectivity index (χ1) is 8.65. The molecule has 2 rings (SSSR count). The van der Waals surface area contributed by atoms with Crippen molar-refractivity contribution in [3.63, 3.8) is 0 Å². The van der Waals surface area contributed by atoms with E-state index in [1.54, 1.807) is 13.0 Å². The van der Waals surface area contributed by atoms with Gasteiger partial charge in [0.1, 0.15) is 5.76 Å². The van der Waals surface area contributed by atoms with E-state index in [1.807, 2.05) is 16.8 Å². The smallest absolute Gasteiger partial charge is 0.320 e. The quantitative estimate of drug-likeness (QED) is 0.789. The number of thiophene rings is 1. The lowest BCUT2D eigenvalue weighted by Crippen LogP contribution is -2.32. The van der Waals surface area contributed by atoms with Crippen molar-refractivity contribution in [2.45, 2.75) is 13.0 Å². The van der Waals surface area contributed by atoms with E-state index in [0.717, 1.165) is 5.56 Å². The van der Waals surface area contributed by atoms with Crippen LogP contribution in [0.4, 0.5) is 10.6 Å². The first kappa shape index (κ1) is 12.6. The van der Waals surface area contributed by atoms with E-state index in [4.69, 9.17) is 4.52 Å². The largest absolute Gasteiger partial charge is 0.387 e. The summed E-state index contributed by atoms with van der Waals surface area (Å²) in [5, 5.41) is 22.1. The molecule has 7 heteroatoms. The van der Waals surface area contributed by atoms with E-state index in [2.05, 4.69) is 15.8 Å². The number of amides is 2. The zero-order valence-electron chi connectivity index (χ0n) is 9.71. The van der Waals surface area contributed by atoms with Crippen LogP contribution in [0.5, 0.6) is 0 Å². The van der Waals surface area contributed by atoms with E-state index >= 15 is 0 Å². The summed E-state index contributed by atoms with van der Waals surface area (Å²) in [5.74, 6) is 0.957. The molecule has 1 unspecified atom stereocenters. The van der Waals surface area contributed by atoms with E-state index < -0.39 is 12.1 Å². The van der Waals surface area contributed by atoms with Crippen molar-refractivity contribution < 1.29 is 14.4 Å². The Hall–Kier alpha value is -1.86. The molecule has 0 aromatic carbocycles. The molecule has 2 amide bonds. The number of nitrogens with zero attached hydrogens (tertiary/aromatic N) is 1. The average molecular weight is 267 g/mol. The molecule has 1 atom stereocenters. The lowest BCUT2D eigenvalue weighted by molar-refractivity contribution is 0.175. The number of aryl methyl sites for hydroxylation is 1. The molecule has 0 aliphatic rings. The van der Waals surface area contributed by atoms with Crippen LogP contribution in [0, 0.1) is 6.92 Å². The van der Waals surface area contributed by atoms with Crippen LogP contribution in [0.2, 0.25) is 0 Å². The highest BCUT2D eigenvalue weighted by molar-refractivity contribution is 7.07. The van der Waals surface area contributed by atoms with E-state index in [0.29, 0.717) is 11.6 Å². The molecule has 0 saturated heterocycles. The number of aromatic nitrogens is 1. The maximum atomic E-state index is 11.5. The predicted molar refractivity (Wildman–Crippen MR) is 67.5 cm³/mol. The number of carbonyl (C=O) groups is 1. The van der Waals surface area contributed by atoms with Crippen molar-refractivity contribution in [2.24, 2.45) is 0 Å². The van der Waals surface area contributed by atoms with Gasteiger partial charge in [0.2, 0.25) is 0 Å². The molecule has 18 heavy (non-hydrogen) atoms. The summed E-state index contributed by atoms with van der Waals surface area (Å²) in [4.78, 5) is 11.5. The Labute approximate surface area is 108 Å². The topological polar surface area (TPSA) is 87.4 Å². The van der Waals surface area contributed by atoms with E-state index in [-0.39, 0.29) is 6.54 Å². The molecule has 0 spiro atoms. The lowest BCUT2D eigenvalue weighted by atomic mass is 10.2. The van der Waals surface area contributed by atoms with Crippen molar-refractivity contribution in [3.8, 4) is 0 Å². The molecule has 2 aromatic rings. The zero-order chi connectivity index (χ0) is 13.0. The molecule has 96 valence electrons. The number of anilines is 1. The van der Waals surface area contributed by atoms with Gasteiger partial charge in [-0.1, -0.05) is 5.16 Å². The summed E-state index contributed by atoms with van der Waals surface area (Å²) in [6, 6.07) is 2.99. The first-order valence-corrected chi connectivity index (χ1v) is 6.28. The van der Waals surface area contributed by atoms with Crippen LogP contribution in [0.25, 0.3) is 0 Å². The number of hydrogen-bond acceptors (Lipinski definition) is 5. The maximum Gasteiger partial charge on any atom is 0.320 e. The Morgan fingerprint density at radius 2 is 2.50 bits per heavy atom. The third-order valence-corrected chi connectivity index (χ3v) is 2.95. The summed E-state index contributed by atoms with van der Waals surface area (Å²) >= 11 is 1.50. The van der Waals surface area contributed by atoms with Gasteiger partial charge in [-0.3, -0.25) is 5.32 Å². The third-order valence-electron chi connectivity index (χ3n) is 2.25. The number of rotatable bonds is 4. The Kier molecular flexibility index (Phi) is 3.96. The first-order valence-electron chi connectivity index (χ1n) is 5.33. The van der Waals surface area contributed by atoms with Crippen LogP contribution in [-0.4, -0.2) is 22.8 Å². The highest BCUT2D eigenvalue weighted by atomic mass is 32.1. The number of urea groups is 1. The maximum absolute atomic E-state index is 11.5. The molecule has 0 aliphatic carbocycles. The Bertz CT molecular complexity index is 509. The Morgan fingerprint density at radius 1 is 1.67 bits per heavy atom. The van der Waals surface area contributed by atoms with Gasteiger partial charge in [-0.25, -0.2) is 4.79 Å². The number of hydrogen-bond donors (Lipinski definition) is 3. The second kappa shape index (κ2) is 5.65. The van der Waals surface area contributed by atoms with Crippen LogP contribution >= 0.6 is 11.3 Å². The van der Waals surface area contributed by atoms with Gasteiger partial charge in [-0.05, 0) is 29.3 Å². The highest BCUT2D eigenvalue weighted by Gasteiger charge is 2.10. The molecule has 3 N–H and O–H groups in total. The van der Waals surface area contributed by atoms with Crippen LogP contribution in [0.1, 0.15) is 17.4 Å². The van der Waals surface area contributed by atoms with Gasteiger partial charge in [0, 0.05) is 12.6 Å². The Morgan fingerprint density at radius 3 is 3.11 bits per heavy atom. The zero-order valence-corrected chi connectivity index (χ0v) is 10.5. The van der Waals surface area contributed by atoms with Gasteiger partial charge in [0.15, 0.2) is 5.82 Å². The lowest BCUT2D eigenvalue weighted by Gasteiger charge is -2.10. The molecule has 0 saturated carbocycles. The van der Waals surface area contributed by atoms with Gasteiger partial charge in [0.25, 0.3) is 0 Å². The number of aliphatic hydroxyl groups is 1. The number of carbonyl (C=O) groups excluding carboxylic acids is 1. The Balaban J connectivity index is 1.78. The molecule has 2 heterocycles. The molecule has 0 radical (unpaired) electrons. The van der Waals surface area contributed by atoms with Crippen LogP contribution < -0.4 is 10.6 Å². The molecule has 6 nitrogen and oxygen atoms in total. The van der Waals surface area contributed by atoms with Crippen molar-refractivity contribution >= 4 is 23.2 Å². The monoisotopic (exact) mass is 267 g/mol. The molecule has 0 aliphatic heterocycles. The van der Waals surface area contributed by atoms with Gasteiger partial charge in [-0.15, -0.1) is 0 Å². The second-order valence-electron chi connectivity index (χ2n) is 3.73. The summed E-state index contributed by atoms with van der Waals surface area (Å²) < 4.78 is 4.81. The van der Waals surface area contributed by atoms with Crippen LogP contribution in [-0.2, 0) is 0 Å². The van der Waals surface area contributed by atoms with Gasteiger partial charge in [-0.2, -0.15) is 11.3 Å². The van der Waals surface area contributed by atoms with E-state index in [1.165, 1.54) is 11.3 Å². The van der Waals surface area contributed by atoms with Gasteiger partial charge >= 0.3 is 6.03 Å². The summed E-state index contributed by atoms with van der Waals surface area (Å²) in [5.41, 5.74) is 0.789. The number of aliphatic hydroxyl groups excluding tert-OH is 1. The molecule has 0 fully saturated rings. The average Bonchev–Trinajstić information content (AvgIpc) is 2.97. The minimum atomic E-state index is -0.707. The molecular weight excluding hydrogens is 254 g/mol. The molecular formula is C11H13N3O3S. The summed E-state index contributed by atoms with van der Waals surface area (Å²) in [6.45, 7) is 1.87. The van der Waals surface area contributed by atoms with E-state index in [9.17, 15) is 9.90 Å². The van der Waals surface area contributed by atoms with Crippen molar-refractivity contribution in [3.05, 3.63) is 34.2 Å². The van der Waals surface area contributed by atoms with Crippen LogP contribution in [0.15, 0.2) is 27.4 Å². The van der Waals surface area contributed by atoms with Crippen LogP contribution in [0.3, 0.4) is 0 Å². The standard InChI is InChI=1S/C11H13N3O3S/c1-7-4-10(14-17-7)13-11(16)12-5-9(15)8-2-3-18-6-8/h2-4,6,9,15H,5H2,1H3,(H2,12,13,14,16). The number of nitrogens with one attached hydrogen (secondary N) is 2. The minimum Gasteiger partial charge on any atom is -0.387 e. The fourth-order valence-electron chi connectivity index (χ4n) is 1.36. The van der Waals surface area contributed by atoms with Gasteiger partial charge < -0.3 is 14.9 Å². The normalized spacial score (nSPS) is 12.1. The highest BCUT2D eigenvalue weighted by Crippen LogP contribution is 2.15. The summed E-state index contributed by atoms with van der Waals surface area (Å²) in [7, 11) is 0. The predicted octanol–water partition coefficient (Wildman–Crippen LogP) is 1.90. The fourth-order valence-corrected chi connectivity index (χ4v) is 2.06. The third kappa shape index (κ3) is 3.31. The SMILES string of the molecule is Cc1cc(NC(=O)NCC(O)c2ccsc2)no1. The fraction of sp³-hybridized carbons (Fsp3) is 0.273. The van der Waals surface area contributed by atoms with Crippen molar-refractivity contribution in [1.29, 1.82) is 0 Å². The molecule has 0 bridgehead atoms. The van der Waals surface area contributed by atoms with Crippen molar-refractivity contribution in [2.75, 3.05) is 11.9 Å².